The Labute approximate surface area is 92.2 Å². The lowest BCUT2D eigenvalue weighted by Gasteiger charge is -2.22. The fraction of sp³-hybridized carbons (Fsp3) is 0.909. The molecule has 0 aliphatic carbocycles. The van der Waals surface area contributed by atoms with E-state index in [2.05, 4.69) is 22.9 Å². The molecule has 1 atom stereocenters. The quantitative estimate of drug-likeness (QED) is 0.599. The van der Waals surface area contributed by atoms with E-state index in [-0.39, 0.29) is 6.03 Å². The van der Waals surface area contributed by atoms with Gasteiger partial charge in [0.05, 0.1) is 0 Å². The van der Waals surface area contributed by atoms with E-state index in [1.807, 2.05) is 0 Å². The maximum Gasteiger partial charge on any atom is 0.314 e. The summed E-state index contributed by atoms with van der Waals surface area (Å²) < 4.78 is 0. The molecule has 0 spiro atoms. The van der Waals surface area contributed by atoms with E-state index >= 15 is 0 Å². The van der Waals surface area contributed by atoms with E-state index in [9.17, 15) is 4.79 Å². The van der Waals surface area contributed by atoms with E-state index in [0.29, 0.717) is 5.92 Å². The molecule has 88 valence electrons. The Morgan fingerprint density at radius 2 is 2.33 bits per heavy atom. The van der Waals surface area contributed by atoms with Gasteiger partial charge in [0.2, 0.25) is 0 Å². The highest BCUT2D eigenvalue weighted by atomic mass is 16.2. The first-order chi connectivity index (χ1) is 7.33. The van der Waals surface area contributed by atoms with Crippen LogP contribution < -0.4 is 16.0 Å². The molecule has 1 rings (SSSR count). The van der Waals surface area contributed by atoms with Crippen molar-refractivity contribution in [2.75, 3.05) is 26.2 Å². The summed E-state index contributed by atoms with van der Waals surface area (Å²) in [4.78, 5) is 11.3. The van der Waals surface area contributed by atoms with Gasteiger partial charge in [-0.1, -0.05) is 13.3 Å². The summed E-state index contributed by atoms with van der Waals surface area (Å²) in [6, 6.07) is -0.0194. The molecule has 3 N–H and O–H groups in total. The van der Waals surface area contributed by atoms with Crippen LogP contribution in [0.25, 0.3) is 0 Å². The van der Waals surface area contributed by atoms with Crippen LogP contribution in [0.1, 0.15) is 32.6 Å². The first-order valence-corrected chi connectivity index (χ1v) is 6.05. The maximum absolute atomic E-state index is 11.3. The van der Waals surface area contributed by atoms with Crippen LogP contribution >= 0.6 is 0 Å². The van der Waals surface area contributed by atoms with Crippen molar-refractivity contribution in [3.8, 4) is 0 Å². The second kappa shape index (κ2) is 7.51. The highest BCUT2D eigenvalue weighted by molar-refractivity contribution is 5.73. The number of unbranched alkanes of at least 4 members (excludes halogenated alkanes) is 1. The minimum absolute atomic E-state index is 0.0194. The summed E-state index contributed by atoms with van der Waals surface area (Å²) in [6.45, 7) is 5.86. The summed E-state index contributed by atoms with van der Waals surface area (Å²) >= 11 is 0. The average molecular weight is 213 g/mol. The molecular weight excluding hydrogens is 190 g/mol. The number of piperidine rings is 1. The van der Waals surface area contributed by atoms with Gasteiger partial charge < -0.3 is 16.0 Å². The van der Waals surface area contributed by atoms with Gasteiger partial charge in [0.25, 0.3) is 0 Å². The predicted molar refractivity (Wildman–Crippen MR) is 61.9 cm³/mol. The lowest BCUT2D eigenvalue weighted by Crippen LogP contribution is -2.42. The van der Waals surface area contributed by atoms with Gasteiger partial charge in [0.15, 0.2) is 0 Å². The predicted octanol–water partition coefficient (Wildman–Crippen LogP) is 1.09. The summed E-state index contributed by atoms with van der Waals surface area (Å²) in [5.41, 5.74) is 0. The Hall–Kier alpha value is -0.770. The molecule has 1 fully saturated rings. The zero-order valence-corrected chi connectivity index (χ0v) is 9.64. The third kappa shape index (κ3) is 5.62. The van der Waals surface area contributed by atoms with Crippen molar-refractivity contribution in [1.82, 2.24) is 16.0 Å². The van der Waals surface area contributed by atoms with Crippen LogP contribution in [-0.4, -0.2) is 32.2 Å². The number of nitrogens with one attached hydrogen (secondary N) is 3. The van der Waals surface area contributed by atoms with Crippen LogP contribution in [-0.2, 0) is 0 Å². The lowest BCUT2D eigenvalue weighted by molar-refractivity contribution is 0.237. The molecule has 4 heteroatoms. The SMILES string of the molecule is CCCCNC(=O)NCC1CCCNC1. The molecule has 0 radical (unpaired) electrons. The molecule has 1 aliphatic rings. The Kier molecular flexibility index (Phi) is 6.16. The molecule has 0 aromatic carbocycles. The van der Waals surface area contributed by atoms with E-state index in [4.69, 9.17) is 0 Å². The van der Waals surface area contributed by atoms with Crippen molar-refractivity contribution in [2.45, 2.75) is 32.6 Å². The van der Waals surface area contributed by atoms with Crippen molar-refractivity contribution in [1.29, 1.82) is 0 Å². The van der Waals surface area contributed by atoms with Crippen molar-refractivity contribution in [3.63, 3.8) is 0 Å². The highest BCUT2D eigenvalue weighted by Crippen LogP contribution is 2.07. The number of carbonyl (C=O) groups excluding carboxylic acids is 1. The summed E-state index contributed by atoms with van der Waals surface area (Å²) in [7, 11) is 0. The second-order valence-corrected chi connectivity index (χ2v) is 4.20. The molecule has 15 heavy (non-hydrogen) atoms. The Balaban J connectivity index is 2.00. The van der Waals surface area contributed by atoms with Crippen molar-refractivity contribution >= 4 is 6.03 Å². The average Bonchev–Trinajstić information content (AvgIpc) is 2.28. The molecule has 1 saturated heterocycles. The molecule has 0 aromatic heterocycles. The normalized spacial score (nSPS) is 21.0. The molecule has 1 aliphatic heterocycles. The third-order valence-corrected chi connectivity index (χ3v) is 2.77. The number of carbonyl (C=O) groups is 1. The molecule has 0 aromatic rings. The standard InChI is InChI=1S/C11H23N3O/c1-2-3-7-13-11(15)14-9-10-5-4-6-12-8-10/h10,12H,2-9H2,1H3,(H2,13,14,15). The van der Waals surface area contributed by atoms with Crippen LogP contribution in [0, 0.1) is 5.92 Å². The first-order valence-electron chi connectivity index (χ1n) is 6.05. The zero-order chi connectivity index (χ0) is 10.9. The smallest absolute Gasteiger partial charge is 0.314 e. The van der Waals surface area contributed by atoms with Gasteiger partial charge in [-0.3, -0.25) is 0 Å². The zero-order valence-electron chi connectivity index (χ0n) is 9.64. The lowest BCUT2D eigenvalue weighted by atomic mass is 10.00. The largest absolute Gasteiger partial charge is 0.338 e. The van der Waals surface area contributed by atoms with Gasteiger partial charge in [-0.05, 0) is 38.3 Å². The van der Waals surface area contributed by atoms with E-state index in [1.54, 1.807) is 0 Å². The fourth-order valence-electron chi connectivity index (χ4n) is 1.78. The van der Waals surface area contributed by atoms with Gasteiger partial charge in [-0.2, -0.15) is 0 Å². The van der Waals surface area contributed by atoms with Gasteiger partial charge in [-0.25, -0.2) is 4.79 Å². The minimum Gasteiger partial charge on any atom is -0.338 e. The molecule has 1 heterocycles. The van der Waals surface area contributed by atoms with Crippen molar-refractivity contribution in [3.05, 3.63) is 0 Å². The topological polar surface area (TPSA) is 53.2 Å². The molecule has 0 bridgehead atoms. The molecular formula is C11H23N3O. The fourth-order valence-corrected chi connectivity index (χ4v) is 1.78. The number of rotatable bonds is 5. The summed E-state index contributed by atoms with van der Waals surface area (Å²) in [5.74, 6) is 0.607. The van der Waals surface area contributed by atoms with E-state index in [0.717, 1.165) is 39.0 Å². The van der Waals surface area contributed by atoms with Gasteiger partial charge in [0.1, 0.15) is 0 Å². The maximum atomic E-state index is 11.3. The van der Waals surface area contributed by atoms with Gasteiger partial charge in [0, 0.05) is 13.1 Å². The van der Waals surface area contributed by atoms with Crippen LogP contribution in [0.2, 0.25) is 0 Å². The molecule has 1 unspecified atom stereocenters. The van der Waals surface area contributed by atoms with Gasteiger partial charge in [-0.15, -0.1) is 0 Å². The van der Waals surface area contributed by atoms with Crippen LogP contribution in [0.3, 0.4) is 0 Å². The second-order valence-electron chi connectivity index (χ2n) is 4.20. The molecule has 4 nitrogen and oxygen atoms in total. The monoisotopic (exact) mass is 213 g/mol. The minimum atomic E-state index is -0.0194. The van der Waals surface area contributed by atoms with Gasteiger partial charge >= 0.3 is 6.03 Å². The Morgan fingerprint density at radius 3 is 3.00 bits per heavy atom. The molecule has 2 amide bonds. The summed E-state index contributed by atoms with van der Waals surface area (Å²) in [6.07, 6.45) is 4.62. The number of hydrogen-bond donors (Lipinski definition) is 3. The van der Waals surface area contributed by atoms with Crippen molar-refractivity contribution < 1.29 is 4.79 Å². The number of amides is 2. The highest BCUT2D eigenvalue weighted by Gasteiger charge is 2.13. The van der Waals surface area contributed by atoms with E-state index < -0.39 is 0 Å². The van der Waals surface area contributed by atoms with Crippen LogP contribution in [0.5, 0.6) is 0 Å². The van der Waals surface area contributed by atoms with E-state index in [1.165, 1.54) is 12.8 Å². The Bertz CT molecular complexity index is 179. The Morgan fingerprint density at radius 1 is 1.47 bits per heavy atom. The first kappa shape index (κ1) is 12.3. The number of urea groups is 1. The van der Waals surface area contributed by atoms with Crippen LogP contribution in [0.4, 0.5) is 4.79 Å². The van der Waals surface area contributed by atoms with Crippen molar-refractivity contribution in [2.24, 2.45) is 5.92 Å². The third-order valence-electron chi connectivity index (χ3n) is 2.77. The molecule has 0 saturated carbocycles. The summed E-state index contributed by atoms with van der Waals surface area (Å²) in [5, 5.41) is 9.11. The van der Waals surface area contributed by atoms with Crippen LogP contribution in [0.15, 0.2) is 0 Å². The number of hydrogen-bond acceptors (Lipinski definition) is 2.